The van der Waals surface area contributed by atoms with E-state index in [4.69, 9.17) is 20.8 Å². The number of methoxy groups -OCH3 is 1. The van der Waals surface area contributed by atoms with Crippen LogP contribution in [0.15, 0.2) is 33.9 Å². The van der Waals surface area contributed by atoms with Gasteiger partial charge in [-0.1, -0.05) is 37.2 Å². The topological polar surface area (TPSA) is 94.3 Å². The molecule has 26 heavy (non-hydrogen) atoms. The van der Waals surface area contributed by atoms with Crippen LogP contribution in [0.25, 0.3) is 11.5 Å². The number of carbonyl (C=O) groups excluding carboxylic acids is 2. The number of carbonyl (C=O) groups is 2. The third-order valence-electron chi connectivity index (χ3n) is 3.35. The summed E-state index contributed by atoms with van der Waals surface area (Å²) in [5.41, 5.74) is 0.737. The number of nitrogens with zero attached hydrogens (tertiary/aromatic N) is 2. The van der Waals surface area contributed by atoms with E-state index in [2.05, 4.69) is 15.5 Å². The Hall–Kier alpha value is -2.06. The van der Waals surface area contributed by atoms with Gasteiger partial charge in [0.1, 0.15) is 6.04 Å². The van der Waals surface area contributed by atoms with Crippen molar-refractivity contribution >= 4 is 35.2 Å². The Bertz CT molecular complexity index is 749. The van der Waals surface area contributed by atoms with Gasteiger partial charge in [-0.15, -0.1) is 10.2 Å². The van der Waals surface area contributed by atoms with Crippen molar-refractivity contribution in [2.75, 3.05) is 12.9 Å². The molecule has 0 radical (unpaired) electrons. The summed E-state index contributed by atoms with van der Waals surface area (Å²) in [5.74, 6) is -0.132. The molecule has 2 rings (SSSR count). The highest BCUT2D eigenvalue weighted by molar-refractivity contribution is 7.99. The molecule has 1 atom stereocenters. The lowest BCUT2D eigenvalue weighted by Crippen LogP contribution is -2.43. The zero-order valence-electron chi connectivity index (χ0n) is 14.7. The fourth-order valence-electron chi connectivity index (χ4n) is 2.17. The number of hydrogen-bond acceptors (Lipinski definition) is 7. The molecule has 0 saturated carbocycles. The molecule has 1 amide bonds. The molecule has 0 aliphatic heterocycles. The second kappa shape index (κ2) is 9.59. The predicted octanol–water partition coefficient (Wildman–Crippen LogP) is 3.19. The van der Waals surface area contributed by atoms with Crippen LogP contribution in [0.3, 0.4) is 0 Å². The first-order valence-electron chi connectivity index (χ1n) is 7.98. The van der Waals surface area contributed by atoms with Gasteiger partial charge in [0.25, 0.3) is 5.22 Å². The SMILES string of the molecule is COC(=O)[C@H](CC(C)C)NC(=O)CSc1nnc(-c2ccc(Cl)cc2)o1. The van der Waals surface area contributed by atoms with E-state index in [0.29, 0.717) is 17.3 Å². The Labute approximate surface area is 160 Å². The van der Waals surface area contributed by atoms with Gasteiger partial charge in [-0.25, -0.2) is 4.79 Å². The first kappa shape index (κ1) is 20.3. The van der Waals surface area contributed by atoms with E-state index >= 15 is 0 Å². The van der Waals surface area contributed by atoms with Crippen LogP contribution < -0.4 is 5.32 Å². The van der Waals surface area contributed by atoms with Crippen molar-refractivity contribution in [2.45, 2.75) is 31.5 Å². The zero-order valence-corrected chi connectivity index (χ0v) is 16.3. The molecule has 140 valence electrons. The maximum absolute atomic E-state index is 12.1. The quantitative estimate of drug-likeness (QED) is 0.539. The molecule has 0 aliphatic rings. The van der Waals surface area contributed by atoms with Gasteiger partial charge in [-0.3, -0.25) is 4.79 Å². The highest BCUT2D eigenvalue weighted by Crippen LogP contribution is 2.24. The van der Waals surface area contributed by atoms with Crippen molar-refractivity contribution < 1.29 is 18.7 Å². The van der Waals surface area contributed by atoms with E-state index in [1.165, 1.54) is 7.11 Å². The van der Waals surface area contributed by atoms with Gasteiger partial charge in [0.05, 0.1) is 12.9 Å². The predicted molar refractivity (Wildman–Crippen MR) is 98.9 cm³/mol. The van der Waals surface area contributed by atoms with Crippen LogP contribution in [0, 0.1) is 5.92 Å². The number of aromatic nitrogens is 2. The van der Waals surface area contributed by atoms with Gasteiger partial charge in [0.2, 0.25) is 11.8 Å². The molecule has 9 heteroatoms. The number of thioether (sulfide) groups is 1. The Kier molecular flexibility index (Phi) is 7.47. The summed E-state index contributed by atoms with van der Waals surface area (Å²) in [6.45, 7) is 3.93. The van der Waals surface area contributed by atoms with Crippen molar-refractivity contribution in [1.82, 2.24) is 15.5 Å². The minimum absolute atomic E-state index is 0.0494. The van der Waals surface area contributed by atoms with E-state index in [0.717, 1.165) is 17.3 Å². The zero-order chi connectivity index (χ0) is 19.1. The molecule has 1 N–H and O–H groups in total. The Balaban J connectivity index is 1.90. The average molecular weight is 398 g/mol. The third-order valence-corrected chi connectivity index (χ3v) is 4.42. The van der Waals surface area contributed by atoms with Crippen LogP contribution >= 0.6 is 23.4 Å². The fourth-order valence-corrected chi connectivity index (χ4v) is 2.87. The molecule has 1 aromatic carbocycles. The highest BCUT2D eigenvalue weighted by Gasteiger charge is 2.23. The molecule has 1 aromatic heterocycles. The number of nitrogens with one attached hydrogen (secondary N) is 1. The summed E-state index contributed by atoms with van der Waals surface area (Å²) in [7, 11) is 1.30. The lowest BCUT2D eigenvalue weighted by atomic mass is 10.0. The molecule has 0 spiro atoms. The van der Waals surface area contributed by atoms with Crippen molar-refractivity contribution in [3.63, 3.8) is 0 Å². The van der Waals surface area contributed by atoms with Gasteiger partial charge in [0, 0.05) is 10.6 Å². The van der Waals surface area contributed by atoms with Gasteiger partial charge < -0.3 is 14.5 Å². The summed E-state index contributed by atoms with van der Waals surface area (Å²) in [6.07, 6.45) is 0.504. The molecule has 0 saturated heterocycles. The fraction of sp³-hybridized carbons (Fsp3) is 0.412. The molecular formula is C17H20ClN3O4S. The van der Waals surface area contributed by atoms with Gasteiger partial charge >= 0.3 is 5.97 Å². The van der Waals surface area contributed by atoms with Gasteiger partial charge in [0.15, 0.2) is 0 Å². The number of ether oxygens (including phenoxy) is 1. The van der Waals surface area contributed by atoms with Crippen LogP contribution in [0.1, 0.15) is 20.3 Å². The summed E-state index contributed by atoms with van der Waals surface area (Å²) >= 11 is 6.94. The molecule has 0 aliphatic carbocycles. The van der Waals surface area contributed by atoms with Gasteiger partial charge in [-0.2, -0.15) is 0 Å². The van der Waals surface area contributed by atoms with Crippen LogP contribution in [-0.2, 0) is 14.3 Å². The summed E-state index contributed by atoms with van der Waals surface area (Å²) in [5, 5.41) is 11.4. The molecule has 1 heterocycles. The van der Waals surface area contributed by atoms with Gasteiger partial charge in [-0.05, 0) is 36.6 Å². The molecular weight excluding hydrogens is 378 g/mol. The van der Waals surface area contributed by atoms with Crippen LogP contribution in [0.2, 0.25) is 5.02 Å². The van der Waals surface area contributed by atoms with E-state index in [9.17, 15) is 9.59 Å². The monoisotopic (exact) mass is 397 g/mol. The smallest absolute Gasteiger partial charge is 0.328 e. The Morgan fingerprint density at radius 3 is 2.58 bits per heavy atom. The summed E-state index contributed by atoms with van der Waals surface area (Å²) in [4.78, 5) is 23.8. The second-order valence-corrected chi connectivity index (χ2v) is 7.30. The van der Waals surface area contributed by atoms with Crippen molar-refractivity contribution in [2.24, 2.45) is 5.92 Å². The number of rotatable bonds is 8. The highest BCUT2D eigenvalue weighted by atomic mass is 35.5. The van der Waals surface area contributed by atoms with E-state index in [1.807, 2.05) is 13.8 Å². The molecule has 0 fully saturated rings. The number of halogens is 1. The van der Waals surface area contributed by atoms with Crippen LogP contribution in [0.4, 0.5) is 0 Å². The van der Waals surface area contributed by atoms with E-state index in [1.54, 1.807) is 24.3 Å². The number of hydrogen-bond donors (Lipinski definition) is 1. The van der Waals surface area contributed by atoms with Crippen molar-refractivity contribution in [3.05, 3.63) is 29.3 Å². The summed E-state index contributed by atoms with van der Waals surface area (Å²) in [6, 6.07) is 6.32. The van der Waals surface area contributed by atoms with E-state index < -0.39 is 12.0 Å². The Morgan fingerprint density at radius 1 is 1.27 bits per heavy atom. The van der Waals surface area contributed by atoms with Crippen LogP contribution in [-0.4, -0.2) is 41.0 Å². The largest absolute Gasteiger partial charge is 0.467 e. The normalized spacial score (nSPS) is 12.0. The van der Waals surface area contributed by atoms with Crippen LogP contribution in [0.5, 0.6) is 0 Å². The van der Waals surface area contributed by atoms with Crippen molar-refractivity contribution in [1.29, 1.82) is 0 Å². The maximum atomic E-state index is 12.1. The first-order valence-corrected chi connectivity index (χ1v) is 9.34. The third kappa shape index (κ3) is 6.03. The molecule has 7 nitrogen and oxygen atoms in total. The standard InChI is InChI=1S/C17H20ClN3O4S/c1-10(2)8-13(16(23)24-3)19-14(22)9-26-17-21-20-15(25-17)11-4-6-12(18)7-5-11/h4-7,10,13H,8-9H2,1-3H3,(H,19,22)/t13-/m0/s1. The molecule has 2 aromatic rings. The lowest BCUT2D eigenvalue weighted by Gasteiger charge is -2.17. The second-order valence-electron chi connectivity index (χ2n) is 5.94. The minimum atomic E-state index is -0.666. The van der Waals surface area contributed by atoms with E-state index in [-0.39, 0.29) is 22.8 Å². The maximum Gasteiger partial charge on any atom is 0.328 e. The summed E-state index contributed by atoms with van der Waals surface area (Å²) < 4.78 is 10.3. The number of benzene rings is 1. The molecule has 0 bridgehead atoms. The molecule has 0 unspecified atom stereocenters. The number of esters is 1. The number of amides is 1. The first-order chi connectivity index (χ1) is 12.4. The lowest BCUT2D eigenvalue weighted by molar-refractivity contribution is -0.145. The van der Waals surface area contributed by atoms with Crippen molar-refractivity contribution in [3.8, 4) is 11.5 Å². The Morgan fingerprint density at radius 2 is 1.96 bits per heavy atom. The average Bonchev–Trinajstić information content (AvgIpc) is 3.08. The minimum Gasteiger partial charge on any atom is -0.467 e.